The van der Waals surface area contributed by atoms with Crippen LogP contribution in [0.15, 0.2) is 90.1 Å². The Balaban J connectivity index is 1.95. The van der Waals surface area contributed by atoms with Crippen LogP contribution in [0, 0.1) is 5.41 Å². The molecule has 27 heavy (non-hydrogen) atoms. The predicted molar refractivity (Wildman–Crippen MR) is 109 cm³/mol. The first-order valence-corrected chi connectivity index (χ1v) is 9.31. The van der Waals surface area contributed by atoms with Crippen molar-refractivity contribution >= 4 is 5.90 Å². The van der Waals surface area contributed by atoms with E-state index >= 15 is 0 Å². The van der Waals surface area contributed by atoms with Crippen LogP contribution >= 0.6 is 0 Å². The van der Waals surface area contributed by atoms with Crippen LogP contribution in [0.2, 0.25) is 0 Å². The Hall–Kier alpha value is -2.94. The van der Waals surface area contributed by atoms with Crippen molar-refractivity contribution in [2.24, 2.45) is 10.4 Å². The fraction of sp³-hybridized carbons (Fsp3) is 0.250. The number of aliphatic imine (C=N–C) groups is 1. The first-order chi connectivity index (χ1) is 13.0. The highest BCUT2D eigenvalue weighted by molar-refractivity contribution is 5.94. The minimum Gasteiger partial charge on any atom is -0.458 e. The van der Waals surface area contributed by atoms with Crippen LogP contribution in [0.3, 0.4) is 0 Å². The van der Waals surface area contributed by atoms with Crippen LogP contribution in [0.4, 0.5) is 0 Å². The summed E-state index contributed by atoms with van der Waals surface area (Å²) in [4.78, 5) is 9.54. The Morgan fingerprint density at radius 1 is 0.778 bits per heavy atom. The van der Waals surface area contributed by atoms with Crippen LogP contribution in [0.25, 0.3) is 0 Å². The number of ether oxygens (including phenoxy) is 1. The number of aromatic nitrogens is 1. The molecule has 0 spiro atoms. The van der Waals surface area contributed by atoms with E-state index < -0.39 is 5.60 Å². The third kappa shape index (κ3) is 3.03. The summed E-state index contributed by atoms with van der Waals surface area (Å²) in [6, 6.07) is 26.5. The number of pyridine rings is 1. The molecule has 1 aliphatic rings. The highest BCUT2D eigenvalue weighted by Gasteiger charge is 2.54. The summed E-state index contributed by atoms with van der Waals surface area (Å²) < 4.78 is 6.73. The molecule has 0 aliphatic carbocycles. The van der Waals surface area contributed by atoms with Crippen molar-refractivity contribution < 1.29 is 4.74 Å². The predicted octanol–water partition coefficient (Wildman–Crippen LogP) is 5.22. The van der Waals surface area contributed by atoms with Gasteiger partial charge in [0.05, 0.1) is 0 Å². The molecule has 2 aromatic carbocycles. The van der Waals surface area contributed by atoms with E-state index in [4.69, 9.17) is 9.73 Å². The van der Waals surface area contributed by atoms with Gasteiger partial charge in [-0.15, -0.1) is 0 Å². The molecule has 0 amide bonds. The lowest BCUT2D eigenvalue weighted by molar-refractivity contribution is 0.0554. The van der Waals surface area contributed by atoms with Gasteiger partial charge in [-0.1, -0.05) is 87.5 Å². The Bertz CT molecular complexity index is 889. The molecule has 0 unspecified atom stereocenters. The normalized spacial score (nSPS) is 18.6. The summed E-state index contributed by atoms with van der Waals surface area (Å²) in [5.41, 5.74) is 2.17. The molecule has 4 rings (SSSR count). The van der Waals surface area contributed by atoms with Crippen molar-refractivity contribution in [2.75, 3.05) is 0 Å². The third-order valence-corrected chi connectivity index (χ3v) is 5.00. The molecule has 136 valence electrons. The quantitative estimate of drug-likeness (QED) is 0.645. The van der Waals surface area contributed by atoms with Gasteiger partial charge in [-0.25, -0.2) is 4.99 Å². The molecule has 3 aromatic rings. The molecule has 0 saturated carbocycles. The Kier molecular flexibility index (Phi) is 4.31. The highest BCUT2D eigenvalue weighted by atomic mass is 16.5. The van der Waals surface area contributed by atoms with Gasteiger partial charge >= 0.3 is 0 Å². The van der Waals surface area contributed by atoms with Crippen LogP contribution < -0.4 is 0 Å². The van der Waals surface area contributed by atoms with Gasteiger partial charge in [0.1, 0.15) is 11.7 Å². The molecule has 3 heteroatoms. The largest absolute Gasteiger partial charge is 0.458 e. The molecule has 0 fully saturated rings. The maximum atomic E-state index is 6.73. The van der Waals surface area contributed by atoms with Gasteiger partial charge < -0.3 is 4.74 Å². The summed E-state index contributed by atoms with van der Waals surface area (Å²) >= 11 is 0. The van der Waals surface area contributed by atoms with Crippen molar-refractivity contribution in [3.05, 3.63) is 102 Å². The van der Waals surface area contributed by atoms with E-state index in [-0.39, 0.29) is 11.5 Å². The third-order valence-electron chi connectivity index (χ3n) is 5.00. The minimum atomic E-state index is -0.687. The second kappa shape index (κ2) is 6.66. The number of hydrogen-bond acceptors (Lipinski definition) is 3. The summed E-state index contributed by atoms with van der Waals surface area (Å²) in [6.07, 6.45) is 1.78. The summed E-state index contributed by atoms with van der Waals surface area (Å²) in [7, 11) is 0. The molecule has 1 aromatic heterocycles. The average molecular weight is 356 g/mol. The van der Waals surface area contributed by atoms with E-state index in [1.807, 2.05) is 30.3 Å². The zero-order valence-corrected chi connectivity index (χ0v) is 16.0. The number of benzene rings is 2. The van der Waals surface area contributed by atoms with Crippen molar-refractivity contribution in [1.82, 2.24) is 4.98 Å². The first kappa shape index (κ1) is 17.5. The zero-order valence-electron chi connectivity index (χ0n) is 16.0. The lowest BCUT2D eigenvalue weighted by Crippen LogP contribution is -2.45. The van der Waals surface area contributed by atoms with Gasteiger partial charge in [0.2, 0.25) is 5.90 Å². The smallest absolute Gasteiger partial charge is 0.237 e. The van der Waals surface area contributed by atoms with Gasteiger partial charge in [0, 0.05) is 17.3 Å². The lowest BCUT2D eigenvalue weighted by atomic mass is 9.70. The molecule has 0 radical (unpaired) electrons. The van der Waals surface area contributed by atoms with E-state index in [1.165, 1.54) is 0 Å². The van der Waals surface area contributed by atoms with E-state index in [9.17, 15) is 0 Å². The molecule has 1 aliphatic heterocycles. The molecule has 1 atom stereocenters. The van der Waals surface area contributed by atoms with Crippen LogP contribution in [0.5, 0.6) is 0 Å². The Morgan fingerprint density at radius 2 is 1.33 bits per heavy atom. The van der Waals surface area contributed by atoms with Crippen molar-refractivity contribution in [3.8, 4) is 0 Å². The molecular weight excluding hydrogens is 332 g/mol. The first-order valence-electron chi connectivity index (χ1n) is 9.31. The molecule has 0 saturated heterocycles. The number of rotatable bonds is 3. The SMILES string of the molecule is CC(C)(C)[C@@H]1N=C(c2ccccn2)OC1(c1ccccc1)c1ccccc1. The van der Waals surface area contributed by atoms with Gasteiger partial charge in [-0.05, 0) is 17.5 Å². The molecular formula is C24H24N2O. The molecule has 2 heterocycles. The molecule has 0 N–H and O–H groups in total. The van der Waals surface area contributed by atoms with Crippen molar-refractivity contribution in [2.45, 2.75) is 32.4 Å². The van der Waals surface area contributed by atoms with Gasteiger partial charge in [-0.3, -0.25) is 4.98 Å². The van der Waals surface area contributed by atoms with Gasteiger partial charge in [-0.2, -0.15) is 0 Å². The Labute approximate surface area is 160 Å². The maximum absolute atomic E-state index is 6.73. The van der Waals surface area contributed by atoms with Crippen molar-refractivity contribution in [3.63, 3.8) is 0 Å². The van der Waals surface area contributed by atoms with Crippen molar-refractivity contribution in [1.29, 1.82) is 0 Å². The average Bonchev–Trinajstić information content (AvgIpc) is 3.13. The highest BCUT2D eigenvalue weighted by Crippen LogP contribution is 2.49. The lowest BCUT2D eigenvalue weighted by Gasteiger charge is -2.40. The van der Waals surface area contributed by atoms with E-state index in [1.54, 1.807) is 6.20 Å². The summed E-state index contributed by atoms with van der Waals surface area (Å²) in [5, 5.41) is 0. The maximum Gasteiger partial charge on any atom is 0.237 e. The number of nitrogens with zero attached hydrogens (tertiary/aromatic N) is 2. The number of hydrogen-bond donors (Lipinski definition) is 0. The molecule has 3 nitrogen and oxygen atoms in total. The summed E-state index contributed by atoms with van der Waals surface area (Å²) in [6.45, 7) is 6.64. The zero-order chi connectivity index (χ0) is 18.9. The molecule has 0 bridgehead atoms. The second-order valence-electron chi connectivity index (χ2n) is 7.99. The van der Waals surface area contributed by atoms with E-state index in [2.05, 4.69) is 74.3 Å². The van der Waals surface area contributed by atoms with E-state index in [0.29, 0.717) is 5.90 Å². The summed E-state index contributed by atoms with van der Waals surface area (Å²) in [5.74, 6) is 0.600. The minimum absolute atomic E-state index is 0.0909. The van der Waals surface area contributed by atoms with E-state index in [0.717, 1.165) is 16.8 Å². The van der Waals surface area contributed by atoms with Crippen LogP contribution in [0.1, 0.15) is 37.6 Å². The Morgan fingerprint density at radius 3 is 1.81 bits per heavy atom. The van der Waals surface area contributed by atoms with Crippen LogP contribution in [-0.4, -0.2) is 16.9 Å². The fourth-order valence-corrected chi connectivity index (χ4v) is 3.83. The van der Waals surface area contributed by atoms with Gasteiger partial charge in [0.15, 0.2) is 5.60 Å². The van der Waals surface area contributed by atoms with Crippen LogP contribution in [-0.2, 0) is 10.3 Å². The van der Waals surface area contributed by atoms with Gasteiger partial charge in [0.25, 0.3) is 0 Å². The second-order valence-corrected chi connectivity index (χ2v) is 7.99. The topological polar surface area (TPSA) is 34.5 Å². The fourth-order valence-electron chi connectivity index (χ4n) is 3.83. The standard InChI is InChI=1S/C24H24N2O/c1-23(2,3)22-24(18-12-6-4-7-13-18,19-14-8-5-9-15-19)27-21(26-22)20-16-10-11-17-25-20/h4-17,22H,1-3H3/t22-/m0/s1. The monoisotopic (exact) mass is 356 g/mol.